The van der Waals surface area contributed by atoms with Crippen LogP contribution in [-0.4, -0.2) is 40.2 Å². The summed E-state index contributed by atoms with van der Waals surface area (Å²) in [6, 6.07) is 9.30. The number of nitrogens with zero attached hydrogens (tertiary/aromatic N) is 3. The molecule has 0 radical (unpaired) electrons. The SMILES string of the molecule is Cc1ccc(OC2CCN(C(=O)c3ccc(F)cc3)CC2)nn1. The number of amides is 1. The molecule has 3 rings (SSSR count). The molecule has 1 aromatic heterocycles. The Morgan fingerprint density at radius 3 is 2.43 bits per heavy atom. The van der Waals surface area contributed by atoms with Gasteiger partial charge in [0.05, 0.1) is 5.69 Å². The second-order valence-corrected chi connectivity index (χ2v) is 5.63. The Bertz CT molecular complexity index is 665. The highest BCUT2D eigenvalue weighted by molar-refractivity contribution is 5.94. The molecule has 0 aliphatic carbocycles. The van der Waals surface area contributed by atoms with E-state index in [2.05, 4.69) is 10.2 Å². The third-order valence-electron chi connectivity index (χ3n) is 3.88. The quantitative estimate of drug-likeness (QED) is 0.873. The fourth-order valence-electron chi connectivity index (χ4n) is 2.57. The molecule has 5 nitrogen and oxygen atoms in total. The summed E-state index contributed by atoms with van der Waals surface area (Å²) in [5, 5.41) is 7.96. The van der Waals surface area contributed by atoms with E-state index < -0.39 is 0 Å². The number of hydrogen-bond donors (Lipinski definition) is 0. The Labute approximate surface area is 134 Å². The van der Waals surface area contributed by atoms with Crippen LogP contribution in [0, 0.1) is 12.7 Å². The van der Waals surface area contributed by atoms with E-state index in [0.717, 1.165) is 18.5 Å². The molecule has 0 atom stereocenters. The molecule has 2 aromatic rings. The lowest BCUT2D eigenvalue weighted by Crippen LogP contribution is -2.41. The van der Waals surface area contributed by atoms with Crippen LogP contribution in [0.4, 0.5) is 4.39 Å². The number of aromatic nitrogens is 2. The first-order chi connectivity index (χ1) is 11.1. The van der Waals surface area contributed by atoms with Gasteiger partial charge in [-0.25, -0.2) is 4.39 Å². The lowest BCUT2D eigenvalue weighted by molar-refractivity contribution is 0.0586. The van der Waals surface area contributed by atoms with Gasteiger partial charge in [-0.05, 0) is 37.3 Å². The maximum atomic E-state index is 12.9. The van der Waals surface area contributed by atoms with Crippen molar-refractivity contribution < 1.29 is 13.9 Å². The van der Waals surface area contributed by atoms with E-state index in [1.165, 1.54) is 24.3 Å². The molecule has 2 heterocycles. The predicted molar refractivity (Wildman–Crippen MR) is 82.7 cm³/mol. The third kappa shape index (κ3) is 3.83. The Morgan fingerprint density at radius 1 is 1.13 bits per heavy atom. The van der Waals surface area contributed by atoms with Crippen molar-refractivity contribution in [2.75, 3.05) is 13.1 Å². The molecule has 1 amide bonds. The highest BCUT2D eigenvalue weighted by atomic mass is 19.1. The predicted octanol–water partition coefficient (Wildman–Crippen LogP) is 2.61. The van der Waals surface area contributed by atoms with E-state index in [9.17, 15) is 9.18 Å². The first kappa shape index (κ1) is 15.4. The molecule has 0 spiro atoms. The van der Waals surface area contributed by atoms with Crippen molar-refractivity contribution in [3.05, 3.63) is 53.5 Å². The zero-order chi connectivity index (χ0) is 16.2. The number of benzene rings is 1. The molecule has 0 unspecified atom stereocenters. The third-order valence-corrected chi connectivity index (χ3v) is 3.88. The molecule has 1 aliphatic rings. The number of piperidine rings is 1. The second-order valence-electron chi connectivity index (χ2n) is 5.63. The second kappa shape index (κ2) is 6.73. The number of aryl methyl sites for hydroxylation is 1. The lowest BCUT2D eigenvalue weighted by Gasteiger charge is -2.31. The van der Waals surface area contributed by atoms with Gasteiger partial charge in [-0.3, -0.25) is 4.79 Å². The molecular formula is C17H18FN3O2. The number of halogens is 1. The van der Waals surface area contributed by atoms with Crippen LogP contribution < -0.4 is 4.74 Å². The van der Waals surface area contributed by atoms with Gasteiger partial charge in [0.2, 0.25) is 5.88 Å². The largest absolute Gasteiger partial charge is 0.473 e. The van der Waals surface area contributed by atoms with E-state index in [0.29, 0.717) is 24.5 Å². The molecule has 120 valence electrons. The fraction of sp³-hybridized carbons (Fsp3) is 0.353. The van der Waals surface area contributed by atoms with Gasteiger partial charge in [-0.1, -0.05) is 0 Å². The Balaban J connectivity index is 1.54. The van der Waals surface area contributed by atoms with Gasteiger partial charge in [0, 0.05) is 37.6 Å². The average molecular weight is 315 g/mol. The summed E-state index contributed by atoms with van der Waals surface area (Å²) in [5.74, 6) is 0.102. The summed E-state index contributed by atoms with van der Waals surface area (Å²) >= 11 is 0. The van der Waals surface area contributed by atoms with E-state index >= 15 is 0 Å². The topological polar surface area (TPSA) is 55.3 Å². The Morgan fingerprint density at radius 2 is 1.83 bits per heavy atom. The normalized spacial score (nSPS) is 15.5. The van der Waals surface area contributed by atoms with Crippen molar-refractivity contribution in [3.8, 4) is 5.88 Å². The van der Waals surface area contributed by atoms with Gasteiger partial charge in [0.25, 0.3) is 5.91 Å². The number of carbonyl (C=O) groups excluding carboxylic acids is 1. The fourth-order valence-corrected chi connectivity index (χ4v) is 2.57. The summed E-state index contributed by atoms with van der Waals surface area (Å²) < 4.78 is 18.7. The molecule has 0 N–H and O–H groups in total. The number of rotatable bonds is 3. The lowest BCUT2D eigenvalue weighted by atomic mass is 10.1. The van der Waals surface area contributed by atoms with Crippen LogP contribution in [0.1, 0.15) is 28.9 Å². The number of carbonyl (C=O) groups is 1. The smallest absolute Gasteiger partial charge is 0.253 e. The molecule has 6 heteroatoms. The molecule has 1 fully saturated rings. The highest BCUT2D eigenvalue weighted by Crippen LogP contribution is 2.18. The Kier molecular flexibility index (Phi) is 4.50. The minimum atomic E-state index is -0.340. The van der Waals surface area contributed by atoms with Crippen LogP contribution in [0.15, 0.2) is 36.4 Å². The molecule has 1 saturated heterocycles. The minimum Gasteiger partial charge on any atom is -0.473 e. The van der Waals surface area contributed by atoms with Crippen molar-refractivity contribution in [3.63, 3.8) is 0 Å². The van der Waals surface area contributed by atoms with Gasteiger partial charge in [-0.15, -0.1) is 5.10 Å². The zero-order valence-corrected chi connectivity index (χ0v) is 12.9. The summed E-state index contributed by atoms with van der Waals surface area (Å²) in [6.45, 7) is 3.09. The maximum Gasteiger partial charge on any atom is 0.253 e. The average Bonchev–Trinajstić information content (AvgIpc) is 2.58. The highest BCUT2D eigenvalue weighted by Gasteiger charge is 2.25. The van der Waals surface area contributed by atoms with Crippen LogP contribution in [0.25, 0.3) is 0 Å². The van der Waals surface area contributed by atoms with Crippen molar-refractivity contribution in [1.29, 1.82) is 0 Å². The van der Waals surface area contributed by atoms with Gasteiger partial charge >= 0.3 is 0 Å². The van der Waals surface area contributed by atoms with Crippen LogP contribution in [0.5, 0.6) is 5.88 Å². The van der Waals surface area contributed by atoms with Crippen molar-refractivity contribution in [1.82, 2.24) is 15.1 Å². The van der Waals surface area contributed by atoms with Gasteiger partial charge < -0.3 is 9.64 Å². The maximum absolute atomic E-state index is 12.9. The first-order valence-corrected chi connectivity index (χ1v) is 7.63. The van der Waals surface area contributed by atoms with Gasteiger partial charge in [0.1, 0.15) is 11.9 Å². The van der Waals surface area contributed by atoms with Gasteiger partial charge in [0.15, 0.2) is 0 Å². The number of hydrogen-bond acceptors (Lipinski definition) is 4. The summed E-state index contributed by atoms with van der Waals surface area (Å²) in [6.07, 6.45) is 1.51. The molecule has 0 bridgehead atoms. The molecule has 0 saturated carbocycles. The van der Waals surface area contributed by atoms with E-state index in [1.54, 1.807) is 11.0 Å². The monoisotopic (exact) mass is 315 g/mol. The molecule has 1 aliphatic heterocycles. The van der Waals surface area contributed by atoms with E-state index in [-0.39, 0.29) is 17.8 Å². The first-order valence-electron chi connectivity index (χ1n) is 7.63. The van der Waals surface area contributed by atoms with Gasteiger partial charge in [-0.2, -0.15) is 5.10 Å². The van der Waals surface area contributed by atoms with Crippen molar-refractivity contribution >= 4 is 5.91 Å². The zero-order valence-electron chi connectivity index (χ0n) is 12.9. The Hall–Kier alpha value is -2.50. The number of likely N-dealkylation sites (tertiary alicyclic amines) is 1. The minimum absolute atomic E-state index is 0.0317. The van der Waals surface area contributed by atoms with Crippen LogP contribution in [-0.2, 0) is 0 Å². The van der Waals surface area contributed by atoms with Crippen LogP contribution in [0.2, 0.25) is 0 Å². The van der Waals surface area contributed by atoms with Crippen molar-refractivity contribution in [2.24, 2.45) is 0 Å². The van der Waals surface area contributed by atoms with E-state index in [1.807, 2.05) is 13.0 Å². The number of ether oxygens (including phenoxy) is 1. The summed E-state index contributed by atoms with van der Waals surface area (Å²) in [4.78, 5) is 14.1. The molecular weight excluding hydrogens is 297 g/mol. The summed E-state index contributed by atoms with van der Waals surface area (Å²) in [7, 11) is 0. The van der Waals surface area contributed by atoms with E-state index in [4.69, 9.17) is 4.74 Å². The molecule has 1 aromatic carbocycles. The standard InChI is InChI=1S/C17H18FN3O2/c1-12-2-7-16(20-19-12)23-15-8-10-21(11-9-15)17(22)13-3-5-14(18)6-4-13/h2-7,15H,8-11H2,1H3. The van der Waals surface area contributed by atoms with Crippen LogP contribution in [0.3, 0.4) is 0 Å². The van der Waals surface area contributed by atoms with Crippen LogP contribution >= 0.6 is 0 Å². The molecule has 23 heavy (non-hydrogen) atoms. The summed E-state index contributed by atoms with van der Waals surface area (Å²) in [5.41, 5.74) is 1.35. The van der Waals surface area contributed by atoms with Crippen molar-refractivity contribution in [2.45, 2.75) is 25.9 Å².